The number of carboxylic acids is 1. The van der Waals surface area contributed by atoms with Crippen molar-refractivity contribution in [2.24, 2.45) is 0 Å². The maximum absolute atomic E-state index is 11.0. The third-order valence-corrected chi connectivity index (χ3v) is 3.20. The number of aromatic nitrogens is 2. The minimum Gasteiger partial charge on any atom is -0.476 e. The summed E-state index contributed by atoms with van der Waals surface area (Å²) in [6.45, 7) is 0. The van der Waals surface area contributed by atoms with Crippen molar-refractivity contribution in [3.05, 3.63) is 16.4 Å². The summed E-state index contributed by atoms with van der Waals surface area (Å²) in [6.07, 6.45) is 5.97. The third-order valence-electron chi connectivity index (χ3n) is 2.62. The molecule has 1 saturated carbocycles. The van der Waals surface area contributed by atoms with Gasteiger partial charge in [0.2, 0.25) is 0 Å². The van der Waals surface area contributed by atoms with E-state index >= 15 is 0 Å². The molecule has 0 saturated heterocycles. The van der Waals surface area contributed by atoms with Crippen LogP contribution in [0, 0.1) is 0 Å². The molecule has 0 radical (unpaired) electrons. The molecule has 1 aromatic heterocycles. The first-order valence-corrected chi connectivity index (χ1v) is 5.45. The highest BCUT2D eigenvalue weighted by Crippen LogP contribution is 2.31. The summed E-state index contributed by atoms with van der Waals surface area (Å²) in [5.74, 6) is -0.915. The van der Waals surface area contributed by atoms with Crippen LogP contribution in [0.15, 0.2) is 10.7 Å². The van der Waals surface area contributed by atoms with Gasteiger partial charge in [-0.3, -0.25) is 4.68 Å². The normalized spacial score (nSPS) is 17.5. The van der Waals surface area contributed by atoms with E-state index in [1.807, 2.05) is 0 Å². The van der Waals surface area contributed by atoms with Crippen LogP contribution < -0.4 is 0 Å². The molecule has 76 valence electrons. The maximum atomic E-state index is 11.0. The van der Waals surface area contributed by atoms with E-state index in [-0.39, 0.29) is 11.7 Å². The lowest BCUT2D eigenvalue weighted by atomic mass is 10.2. The van der Waals surface area contributed by atoms with Crippen LogP contribution in [0.3, 0.4) is 0 Å². The molecule has 1 N–H and O–H groups in total. The topological polar surface area (TPSA) is 55.1 Å². The predicted molar refractivity (Wildman–Crippen MR) is 54.4 cm³/mol. The number of carboxylic acid groups (broad SMARTS) is 1. The zero-order chi connectivity index (χ0) is 10.1. The molecule has 0 spiro atoms. The molecule has 0 atom stereocenters. The van der Waals surface area contributed by atoms with Crippen LogP contribution >= 0.6 is 15.9 Å². The first-order chi connectivity index (χ1) is 6.70. The number of aromatic carboxylic acids is 1. The summed E-state index contributed by atoms with van der Waals surface area (Å²) in [5, 5.41) is 13.1. The van der Waals surface area contributed by atoms with Gasteiger partial charge in [0, 0.05) is 0 Å². The lowest BCUT2D eigenvalue weighted by Gasteiger charge is -2.11. The Morgan fingerprint density at radius 2 is 2.21 bits per heavy atom. The molecule has 0 aromatic carbocycles. The Hall–Kier alpha value is -0.840. The van der Waals surface area contributed by atoms with Crippen molar-refractivity contribution in [2.75, 3.05) is 0 Å². The molecular weight excluding hydrogens is 248 g/mol. The number of halogens is 1. The van der Waals surface area contributed by atoms with E-state index in [9.17, 15) is 4.79 Å². The maximum Gasteiger partial charge on any atom is 0.355 e. The van der Waals surface area contributed by atoms with Gasteiger partial charge in [-0.25, -0.2) is 4.79 Å². The van der Waals surface area contributed by atoms with Crippen molar-refractivity contribution in [1.82, 2.24) is 9.78 Å². The molecular formula is C9H11BrN2O2. The molecule has 1 fully saturated rings. The molecule has 1 aliphatic rings. The summed E-state index contributed by atoms with van der Waals surface area (Å²) < 4.78 is 2.20. The standard InChI is InChI=1S/C9H11BrN2O2/c10-7-5-11-12(8(7)9(13)14)6-3-1-2-4-6/h5-6H,1-4H2,(H,13,14). The van der Waals surface area contributed by atoms with Gasteiger partial charge in [0.15, 0.2) is 5.69 Å². The van der Waals surface area contributed by atoms with Crippen LogP contribution in [0.1, 0.15) is 42.2 Å². The van der Waals surface area contributed by atoms with Crippen LogP contribution in [-0.4, -0.2) is 20.9 Å². The second-order valence-corrected chi connectivity index (χ2v) is 4.38. The van der Waals surface area contributed by atoms with Gasteiger partial charge in [-0.1, -0.05) is 12.8 Å². The second kappa shape index (κ2) is 3.73. The molecule has 0 unspecified atom stereocenters. The number of rotatable bonds is 2. The minimum absolute atomic E-state index is 0.271. The zero-order valence-electron chi connectivity index (χ0n) is 7.61. The first-order valence-electron chi connectivity index (χ1n) is 4.66. The quantitative estimate of drug-likeness (QED) is 0.887. The molecule has 0 amide bonds. The van der Waals surface area contributed by atoms with E-state index in [1.165, 1.54) is 12.8 Å². The Kier molecular flexibility index (Phi) is 2.58. The van der Waals surface area contributed by atoms with Gasteiger partial charge in [-0.15, -0.1) is 0 Å². The van der Waals surface area contributed by atoms with Crippen LogP contribution in [0.25, 0.3) is 0 Å². The van der Waals surface area contributed by atoms with Gasteiger partial charge in [-0.05, 0) is 28.8 Å². The molecule has 0 aliphatic heterocycles. The van der Waals surface area contributed by atoms with E-state index in [2.05, 4.69) is 21.0 Å². The molecule has 1 aromatic rings. The van der Waals surface area contributed by atoms with E-state index in [0.717, 1.165) is 12.8 Å². The molecule has 5 heteroatoms. The van der Waals surface area contributed by atoms with E-state index in [0.29, 0.717) is 4.47 Å². The number of nitrogens with zero attached hydrogens (tertiary/aromatic N) is 2. The highest BCUT2D eigenvalue weighted by molar-refractivity contribution is 9.10. The van der Waals surface area contributed by atoms with Crippen LogP contribution in [0.4, 0.5) is 0 Å². The van der Waals surface area contributed by atoms with E-state index in [4.69, 9.17) is 5.11 Å². The fraction of sp³-hybridized carbons (Fsp3) is 0.556. The Labute approximate surface area is 90.0 Å². The lowest BCUT2D eigenvalue weighted by Crippen LogP contribution is -2.14. The van der Waals surface area contributed by atoms with Crippen molar-refractivity contribution in [3.63, 3.8) is 0 Å². The molecule has 4 nitrogen and oxygen atoms in total. The molecule has 14 heavy (non-hydrogen) atoms. The third kappa shape index (κ3) is 1.56. The summed E-state index contributed by atoms with van der Waals surface area (Å²) in [7, 11) is 0. The monoisotopic (exact) mass is 258 g/mol. The van der Waals surface area contributed by atoms with Crippen LogP contribution in [0.5, 0.6) is 0 Å². The van der Waals surface area contributed by atoms with Crippen molar-refractivity contribution in [3.8, 4) is 0 Å². The van der Waals surface area contributed by atoms with Gasteiger partial charge < -0.3 is 5.11 Å². The summed E-state index contributed by atoms with van der Waals surface area (Å²) in [6, 6.07) is 0.271. The average Bonchev–Trinajstić information content (AvgIpc) is 2.70. The zero-order valence-corrected chi connectivity index (χ0v) is 9.20. The first kappa shape index (κ1) is 9.71. The Morgan fingerprint density at radius 1 is 1.57 bits per heavy atom. The number of hydrogen-bond acceptors (Lipinski definition) is 2. The van der Waals surface area contributed by atoms with Gasteiger partial charge >= 0.3 is 5.97 Å². The summed E-state index contributed by atoms with van der Waals surface area (Å²) in [5.41, 5.74) is 0.275. The molecule has 1 aliphatic carbocycles. The summed E-state index contributed by atoms with van der Waals surface area (Å²) in [4.78, 5) is 11.0. The average molecular weight is 259 g/mol. The van der Waals surface area contributed by atoms with Crippen LogP contribution in [0.2, 0.25) is 0 Å². The SMILES string of the molecule is O=C(O)c1c(Br)cnn1C1CCCC1. The van der Waals surface area contributed by atoms with E-state index < -0.39 is 5.97 Å². The van der Waals surface area contributed by atoms with Crippen molar-refractivity contribution >= 4 is 21.9 Å². The van der Waals surface area contributed by atoms with Gasteiger partial charge in [0.25, 0.3) is 0 Å². The molecule has 2 rings (SSSR count). The number of carbonyl (C=O) groups is 1. The molecule has 1 heterocycles. The fourth-order valence-corrected chi connectivity index (χ4v) is 2.41. The largest absolute Gasteiger partial charge is 0.476 e. The van der Waals surface area contributed by atoms with Crippen molar-refractivity contribution in [2.45, 2.75) is 31.7 Å². The van der Waals surface area contributed by atoms with Gasteiger partial charge in [0.1, 0.15) is 0 Å². The lowest BCUT2D eigenvalue weighted by molar-refractivity contribution is 0.0679. The predicted octanol–water partition coefficient (Wildman–Crippen LogP) is 2.46. The summed E-state index contributed by atoms with van der Waals surface area (Å²) >= 11 is 3.20. The van der Waals surface area contributed by atoms with E-state index in [1.54, 1.807) is 10.9 Å². The Morgan fingerprint density at radius 3 is 2.79 bits per heavy atom. The van der Waals surface area contributed by atoms with Crippen molar-refractivity contribution < 1.29 is 9.90 Å². The minimum atomic E-state index is -0.915. The van der Waals surface area contributed by atoms with Crippen LogP contribution in [-0.2, 0) is 0 Å². The van der Waals surface area contributed by atoms with Gasteiger partial charge in [-0.2, -0.15) is 5.10 Å². The molecule has 0 bridgehead atoms. The highest BCUT2D eigenvalue weighted by atomic mass is 79.9. The number of hydrogen-bond donors (Lipinski definition) is 1. The van der Waals surface area contributed by atoms with Crippen molar-refractivity contribution in [1.29, 1.82) is 0 Å². The smallest absolute Gasteiger partial charge is 0.355 e. The second-order valence-electron chi connectivity index (χ2n) is 3.53. The fourth-order valence-electron chi connectivity index (χ4n) is 1.97. The highest BCUT2D eigenvalue weighted by Gasteiger charge is 2.24. The van der Waals surface area contributed by atoms with Gasteiger partial charge in [0.05, 0.1) is 16.7 Å². The Bertz CT molecular complexity index is 356. The Balaban J connectivity index is 2.37.